The summed E-state index contributed by atoms with van der Waals surface area (Å²) >= 11 is 0. The van der Waals surface area contributed by atoms with Gasteiger partial charge in [-0.3, -0.25) is 4.90 Å². The molecule has 2 amide bonds. The van der Waals surface area contributed by atoms with Crippen LogP contribution in [-0.2, 0) is 4.74 Å². The molecule has 142 valence electrons. The molecule has 0 spiro atoms. The van der Waals surface area contributed by atoms with Gasteiger partial charge in [-0.15, -0.1) is 0 Å². The topological polar surface area (TPSA) is 67.9 Å². The molecule has 0 bridgehead atoms. The van der Waals surface area contributed by atoms with Crippen LogP contribution in [0.3, 0.4) is 0 Å². The summed E-state index contributed by atoms with van der Waals surface area (Å²) in [6.07, 6.45) is 0.743. The number of aryl methyl sites for hydroxylation is 1. The Hall–Kier alpha value is -3.02. The zero-order valence-corrected chi connectivity index (χ0v) is 15.8. The Labute approximate surface area is 159 Å². The van der Waals surface area contributed by atoms with Crippen LogP contribution in [0, 0.1) is 6.92 Å². The number of nitrogens with zero attached hydrogens (tertiary/aromatic N) is 1. The number of rotatable bonds is 4. The highest BCUT2D eigenvalue weighted by atomic mass is 16.5. The van der Waals surface area contributed by atoms with Crippen LogP contribution in [0.2, 0.25) is 0 Å². The monoisotopic (exact) mass is 368 g/mol. The number of esters is 1. The smallest absolute Gasteiger partial charge is 0.338 e. The molecule has 3 rings (SSSR count). The fourth-order valence-electron chi connectivity index (χ4n) is 2.99. The van der Waals surface area contributed by atoms with Crippen LogP contribution in [-0.4, -0.2) is 31.3 Å². The number of urea groups is 1. The molecule has 2 aromatic rings. The number of amides is 2. The van der Waals surface area contributed by atoms with Gasteiger partial charge in [0.15, 0.2) is 0 Å². The van der Waals surface area contributed by atoms with Gasteiger partial charge in [0.25, 0.3) is 0 Å². The first-order chi connectivity index (χ1) is 13.0. The number of hydrogen-bond acceptors (Lipinski definition) is 4. The largest absolute Gasteiger partial charge is 0.486 e. The summed E-state index contributed by atoms with van der Waals surface area (Å²) in [6.45, 7) is 6.54. The zero-order valence-electron chi connectivity index (χ0n) is 15.8. The Morgan fingerprint density at radius 3 is 2.78 bits per heavy atom. The second-order valence-electron chi connectivity index (χ2n) is 6.46. The highest BCUT2D eigenvalue weighted by molar-refractivity contribution is 6.03. The first kappa shape index (κ1) is 18.8. The van der Waals surface area contributed by atoms with Crippen LogP contribution in [0.25, 0.3) is 0 Å². The summed E-state index contributed by atoms with van der Waals surface area (Å²) in [5, 5.41) is 2.88. The second-order valence-corrected chi connectivity index (χ2v) is 6.46. The molecule has 1 N–H and O–H groups in total. The van der Waals surface area contributed by atoms with E-state index < -0.39 is 5.97 Å². The number of carbonyl (C=O) groups excluding carboxylic acids is 2. The minimum Gasteiger partial charge on any atom is -0.486 e. The van der Waals surface area contributed by atoms with Gasteiger partial charge in [-0.25, -0.2) is 9.59 Å². The Morgan fingerprint density at radius 1 is 1.22 bits per heavy atom. The number of hydrogen-bond donors (Lipinski definition) is 1. The van der Waals surface area contributed by atoms with E-state index in [0.29, 0.717) is 30.2 Å². The maximum atomic E-state index is 13.0. The summed E-state index contributed by atoms with van der Waals surface area (Å²) in [5.74, 6) is 0.293. The molecule has 0 unspecified atom stereocenters. The van der Waals surface area contributed by atoms with Crippen molar-refractivity contribution in [2.75, 3.05) is 23.4 Å². The third kappa shape index (κ3) is 4.22. The van der Waals surface area contributed by atoms with Crippen molar-refractivity contribution >= 4 is 23.4 Å². The molecule has 1 aliphatic rings. The Kier molecular flexibility index (Phi) is 5.64. The van der Waals surface area contributed by atoms with Crippen molar-refractivity contribution in [1.82, 2.24) is 0 Å². The van der Waals surface area contributed by atoms with Gasteiger partial charge in [-0.1, -0.05) is 19.1 Å². The van der Waals surface area contributed by atoms with Gasteiger partial charge in [0, 0.05) is 5.69 Å². The van der Waals surface area contributed by atoms with Gasteiger partial charge in [0.05, 0.1) is 24.4 Å². The molecule has 6 nitrogen and oxygen atoms in total. The van der Waals surface area contributed by atoms with Gasteiger partial charge in [0.2, 0.25) is 0 Å². The second kappa shape index (κ2) is 8.12. The maximum absolute atomic E-state index is 13.0. The summed E-state index contributed by atoms with van der Waals surface area (Å²) in [5.41, 5.74) is 2.74. The SMILES string of the molecule is CCOC(=O)c1cccc(NC(=O)N2C[C@H](CC)Oc3ccc(C)cc32)c1. The maximum Gasteiger partial charge on any atom is 0.338 e. The van der Waals surface area contributed by atoms with Crippen LogP contribution in [0.5, 0.6) is 5.75 Å². The van der Waals surface area contributed by atoms with Crippen molar-refractivity contribution in [2.24, 2.45) is 0 Å². The fraction of sp³-hybridized carbons (Fsp3) is 0.333. The van der Waals surface area contributed by atoms with E-state index in [2.05, 4.69) is 5.32 Å². The van der Waals surface area contributed by atoms with Gasteiger partial charge in [0.1, 0.15) is 11.9 Å². The number of ether oxygens (including phenoxy) is 2. The molecule has 0 aromatic heterocycles. The lowest BCUT2D eigenvalue weighted by Crippen LogP contribution is -2.45. The molecule has 2 aromatic carbocycles. The van der Waals surface area contributed by atoms with E-state index in [1.165, 1.54) is 0 Å². The third-order valence-electron chi connectivity index (χ3n) is 4.41. The van der Waals surface area contributed by atoms with Gasteiger partial charge in [-0.2, -0.15) is 0 Å². The van der Waals surface area contributed by atoms with Gasteiger partial charge < -0.3 is 14.8 Å². The quantitative estimate of drug-likeness (QED) is 0.813. The van der Waals surface area contributed by atoms with Crippen LogP contribution >= 0.6 is 0 Å². The van der Waals surface area contributed by atoms with E-state index >= 15 is 0 Å². The van der Waals surface area contributed by atoms with Gasteiger partial charge >= 0.3 is 12.0 Å². The van der Waals surface area contributed by atoms with Crippen molar-refractivity contribution in [1.29, 1.82) is 0 Å². The Bertz CT molecular complexity index is 850. The molecule has 0 fully saturated rings. The van der Waals surface area contributed by atoms with Crippen molar-refractivity contribution in [3.05, 3.63) is 53.6 Å². The fourth-order valence-corrected chi connectivity index (χ4v) is 2.99. The number of anilines is 2. The average Bonchev–Trinajstić information content (AvgIpc) is 2.67. The van der Waals surface area contributed by atoms with E-state index in [0.717, 1.165) is 17.7 Å². The summed E-state index contributed by atoms with van der Waals surface area (Å²) in [6, 6.07) is 12.3. The highest BCUT2D eigenvalue weighted by Gasteiger charge is 2.29. The zero-order chi connectivity index (χ0) is 19.4. The van der Waals surface area contributed by atoms with E-state index in [1.54, 1.807) is 36.1 Å². The van der Waals surface area contributed by atoms with E-state index in [9.17, 15) is 9.59 Å². The molecule has 6 heteroatoms. The van der Waals surface area contributed by atoms with E-state index in [-0.39, 0.29) is 12.1 Å². The molecular formula is C21H24N2O4. The number of nitrogens with one attached hydrogen (secondary N) is 1. The lowest BCUT2D eigenvalue weighted by atomic mass is 10.1. The molecule has 0 saturated heterocycles. The van der Waals surface area contributed by atoms with Crippen molar-refractivity contribution in [3.63, 3.8) is 0 Å². The summed E-state index contributed by atoms with van der Waals surface area (Å²) in [4.78, 5) is 26.5. The predicted molar refractivity (Wildman–Crippen MR) is 105 cm³/mol. The van der Waals surface area contributed by atoms with Crippen molar-refractivity contribution < 1.29 is 19.1 Å². The highest BCUT2D eigenvalue weighted by Crippen LogP contribution is 2.35. The minimum atomic E-state index is -0.410. The van der Waals surface area contributed by atoms with Crippen LogP contribution < -0.4 is 15.0 Å². The van der Waals surface area contributed by atoms with Crippen LogP contribution in [0.15, 0.2) is 42.5 Å². The standard InChI is InChI=1S/C21H24N2O4/c1-4-17-13-23(18-11-14(3)9-10-19(18)27-17)21(25)22-16-8-6-7-15(12-16)20(24)26-5-2/h6-12,17H,4-5,13H2,1-3H3,(H,22,25)/t17-/m0/s1. The lowest BCUT2D eigenvalue weighted by Gasteiger charge is -2.34. The van der Waals surface area contributed by atoms with Gasteiger partial charge in [-0.05, 0) is 56.2 Å². The molecule has 27 heavy (non-hydrogen) atoms. The first-order valence-electron chi connectivity index (χ1n) is 9.14. The number of benzene rings is 2. The molecule has 0 aliphatic carbocycles. The lowest BCUT2D eigenvalue weighted by molar-refractivity contribution is 0.0526. The predicted octanol–water partition coefficient (Wildman–Crippen LogP) is 4.38. The average molecular weight is 368 g/mol. The summed E-state index contributed by atoms with van der Waals surface area (Å²) in [7, 11) is 0. The molecule has 0 radical (unpaired) electrons. The van der Waals surface area contributed by atoms with Crippen LogP contribution in [0.1, 0.15) is 36.2 Å². The first-order valence-corrected chi connectivity index (χ1v) is 9.14. The molecule has 1 atom stereocenters. The summed E-state index contributed by atoms with van der Waals surface area (Å²) < 4.78 is 11.0. The number of fused-ring (bicyclic) bond motifs is 1. The van der Waals surface area contributed by atoms with Crippen LogP contribution in [0.4, 0.5) is 16.2 Å². The van der Waals surface area contributed by atoms with Crippen molar-refractivity contribution in [3.8, 4) is 5.75 Å². The third-order valence-corrected chi connectivity index (χ3v) is 4.41. The Balaban J connectivity index is 1.83. The normalized spacial score (nSPS) is 15.5. The molecular weight excluding hydrogens is 344 g/mol. The Morgan fingerprint density at radius 2 is 2.04 bits per heavy atom. The van der Waals surface area contributed by atoms with Crippen molar-refractivity contribution in [2.45, 2.75) is 33.3 Å². The van der Waals surface area contributed by atoms with E-state index in [4.69, 9.17) is 9.47 Å². The number of carbonyl (C=O) groups is 2. The molecule has 0 saturated carbocycles. The van der Waals surface area contributed by atoms with E-state index in [1.807, 2.05) is 32.0 Å². The molecule has 1 aliphatic heterocycles. The minimum absolute atomic E-state index is 0.0585. The molecule has 1 heterocycles.